The van der Waals surface area contributed by atoms with E-state index >= 15 is 0 Å². The van der Waals surface area contributed by atoms with Gasteiger partial charge >= 0.3 is 0 Å². The predicted octanol–water partition coefficient (Wildman–Crippen LogP) is 4.66. The molecule has 5 saturated carbocycles. The van der Waals surface area contributed by atoms with Crippen LogP contribution < -0.4 is 10.1 Å². The lowest BCUT2D eigenvalue weighted by molar-refractivity contribution is -0.136. The second kappa shape index (κ2) is 8.19. The maximum absolute atomic E-state index is 14.2. The summed E-state index contributed by atoms with van der Waals surface area (Å²) < 4.78 is 20.3. The van der Waals surface area contributed by atoms with Crippen LogP contribution in [-0.4, -0.2) is 34.5 Å². The molecule has 2 atom stereocenters. The number of hydrogen-bond acceptors (Lipinski definition) is 4. The minimum atomic E-state index is -0.570. The molecule has 2 N–H and O–H groups in total. The van der Waals surface area contributed by atoms with E-state index in [0.29, 0.717) is 34.6 Å². The zero-order chi connectivity index (χ0) is 23.4. The molecule has 5 aliphatic carbocycles. The second-order valence-corrected chi connectivity index (χ2v) is 10.9. The highest BCUT2D eigenvalue weighted by atomic mass is 19.1. The molecule has 6 heteroatoms. The summed E-state index contributed by atoms with van der Waals surface area (Å²) in [6.45, 7) is 0. The Morgan fingerprint density at radius 3 is 2.38 bits per heavy atom. The van der Waals surface area contributed by atoms with Crippen LogP contribution in [0.3, 0.4) is 0 Å². The molecule has 0 radical (unpaired) electrons. The van der Waals surface area contributed by atoms with Gasteiger partial charge in [-0.25, -0.2) is 4.39 Å². The molecule has 0 saturated heterocycles. The van der Waals surface area contributed by atoms with Crippen LogP contribution in [-0.2, 0) is 0 Å². The quantitative estimate of drug-likeness (QED) is 0.611. The molecule has 4 bridgehead atoms. The molecule has 178 valence electrons. The molecule has 34 heavy (non-hydrogen) atoms. The SMILES string of the molecule is O=C(c1ccc(C(=O)NC2C3CC4CC2CC(O)(C4)C3)c(OC2CCC2)c1)c1ccccc1F. The van der Waals surface area contributed by atoms with Gasteiger partial charge in [0, 0.05) is 11.6 Å². The molecule has 1 amide bonds. The van der Waals surface area contributed by atoms with Crippen LogP contribution in [0.2, 0.25) is 0 Å². The normalized spacial score (nSPS) is 31.7. The molecule has 0 aromatic heterocycles. The Morgan fingerprint density at radius 1 is 1.00 bits per heavy atom. The first-order valence-electron chi connectivity index (χ1n) is 12.5. The number of ketones is 1. The third kappa shape index (κ3) is 3.82. The van der Waals surface area contributed by atoms with Crippen molar-refractivity contribution in [3.8, 4) is 5.75 Å². The Balaban J connectivity index is 1.26. The van der Waals surface area contributed by atoms with Gasteiger partial charge in [0.15, 0.2) is 5.78 Å². The zero-order valence-corrected chi connectivity index (χ0v) is 19.1. The van der Waals surface area contributed by atoms with E-state index in [0.717, 1.165) is 51.4 Å². The standard InChI is InChI=1S/C28H30FNO4/c29-23-7-2-1-6-21(23)26(31)17-8-9-22(24(12-17)34-20-4-3-5-20)27(32)30-25-18-10-16-11-19(25)15-28(33,13-16)14-18/h1-2,6-9,12,16,18-20,25,33H,3-5,10-11,13-15H2,(H,30,32). The Morgan fingerprint density at radius 2 is 1.74 bits per heavy atom. The smallest absolute Gasteiger partial charge is 0.255 e. The van der Waals surface area contributed by atoms with Gasteiger partial charge in [0.2, 0.25) is 0 Å². The number of benzene rings is 2. The van der Waals surface area contributed by atoms with Crippen LogP contribution in [0.4, 0.5) is 4.39 Å². The van der Waals surface area contributed by atoms with Crippen molar-refractivity contribution in [1.29, 1.82) is 0 Å². The van der Waals surface area contributed by atoms with E-state index in [2.05, 4.69) is 5.32 Å². The van der Waals surface area contributed by atoms with Gasteiger partial charge in [-0.05, 0) is 99.5 Å². The van der Waals surface area contributed by atoms with Crippen LogP contribution in [0.5, 0.6) is 5.75 Å². The molecule has 2 unspecified atom stereocenters. The fourth-order valence-corrected chi connectivity index (χ4v) is 6.86. The summed E-state index contributed by atoms with van der Waals surface area (Å²) in [4.78, 5) is 26.4. The number of carbonyl (C=O) groups excluding carboxylic acids is 2. The van der Waals surface area contributed by atoms with Gasteiger partial charge in [-0.2, -0.15) is 0 Å². The Hall–Kier alpha value is -2.73. The number of ether oxygens (including phenoxy) is 1. The predicted molar refractivity (Wildman–Crippen MR) is 124 cm³/mol. The lowest BCUT2D eigenvalue weighted by atomic mass is 9.52. The van der Waals surface area contributed by atoms with E-state index in [1.54, 1.807) is 30.3 Å². The summed E-state index contributed by atoms with van der Waals surface area (Å²) in [5.41, 5.74) is 0.156. The average molecular weight is 464 g/mol. The highest BCUT2D eigenvalue weighted by Crippen LogP contribution is 2.55. The maximum atomic E-state index is 14.2. The lowest BCUT2D eigenvalue weighted by Crippen LogP contribution is -2.61. The Bertz CT molecular complexity index is 1130. The summed E-state index contributed by atoms with van der Waals surface area (Å²) in [5, 5.41) is 14.1. The van der Waals surface area contributed by atoms with Crippen molar-refractivity contribution in [2.45, 2.75) is 69.1 Å². The van der Waals surface area contributed by atoms with E-state index in [9.17, 15) is 19.1 Å². The van der Waals surface area contributed by atoms with Crippen LogP contribution in [0.1, 0.15) is 77.6 Å². The van der Waals surface area contributed by atoms with Gasteiger partial charge in [-0.3, -0.25) is 9.59 Å². The summed E-state index contributed by atoms with van der Waals surface area (Å²) >= 11 is 0. The Kier molecular flexibility index (Phi) is 5.25. The average Bonchev–Trinajstić information content (AvgIpc) is 2.77. The molecule has 7 rings (SSSR count). The fourth-order valence-electron chi connectivity index (χ4n) is 6.86. The second-order valence-electron chi connectivity index (χ2n) is 10.9. The molecule has 0 aliphatic heterocycles. The van der Waals surface area contributed by atoms with Crippen LogP contribution in [0.15, 0.2) is 42.5 Å². The number of nitrogens with one attached hydrogen (secondary N) is 1. The molecule has 2 aromatic rings. The summed E-state index contributed by atoms with van der Waals surface area (Å²) in [6.07, 6.45) is 7.47. The van der Waals surface area contributed by atoms with E-state index < -0.39 is 17.2 Å². The third-order valence-corrected chi connectivity index (χ3v) is 8.49. The van der Waals surface area contributed by atoms with Crippen molar-refractivity contribution < 1.29 is 23.8 Å². The van der Waals surface area contributed by atoms with Crippen molar-refractivity contribution in [2.75, 3.05) is 0 Å². The summed E-state index contributed by atoms with van der Waals surface area (Å²) in [7, 11) is 0. The van der Waals surface area contributed by atoms with Crippen LogP contribution in [0.25, 0.3) is 0 Å². The van der Waals surface area contributed by atoms with Gasteiger partial charge < -0.3 is 15.2 Å². The van der Waals surface area contributed by atoms with Crippen molar-refractivity contribution >= 4 is 11.7 Å². The van der Waals surface area contributed by atoms with Crippen LogP contribution in [0, 0.1) is 23.6 Å². The number of amides is 1. The minimum Gasteiger partial charge on any atom is -0.490 e. The first-order chi connectivity index (χ1) is 16.4. The molecule has 0 heterocycles. The molecule has 5 fully saturated rings. The number of carbonyl (C=O) groups is 2. The number of rotatable bonds is 6. The van der Waals surface area contributed by atoms with E-state index in [-0.39, 0.29) is 23.6 Å². The van der Waals surface area contributed by atoms with E-state index in [1.165, 1.54) is 12.1 Å². The number of hydrogen-bond donors (Lipinski definition) is 2. The monoisotopic (exact) mass is 463 g/mol. The van der Waals surface area contributed by atoms with E-state index in [1.807, 2.05) is 0 Å². The minimum absolute atomic E-state index is 0.000763. The first kappa shape index (κ1) is 21.8. The van der Waals surface area contributed by atoms with Gasteiger partial charge in [0.1, 0.15) is 11.6 Å². The maximum Gasteiger partial charge on any atom is 0.255 e. The molecular weight excluding hydrogens is 433 g/mol. The van der Waals surface area contributed by atoms with Crippen molar-refractivity contribution in [2.24, 2.45) is 17.8 Å². The van der Waals surface area contributed by atoms with E-state index in [4.69, 9.17) is 4.74 Å². The van der Waals surface area contributed by atoms with Crippen molar-refractivity contribution in [3.63, 3.8) is 0 Å². The Labute approximate surface area is 198 Å². The highest BCUT2D eigenvalue weighted by Gasteiger charge is 2.55. The number of halogens is 1. The summed E-state index contributed by atoms with van der Waals surface area (Å²) in [6, 6.07) is 10.8. The topological polar surface area (TPSA) is 75.6 Å². The molecule has 0 spiro atoms. The molecule has 2 aromatic carbocycles. The first-order valence-corrected chi connectivity index (χ1v) is 12.5. The van der Waals surface area contributed by atoms with Crippen molar-refractivity contribution in [3.05, 3.63) is 65.0 Å². The van der Waals surface area contributed by atoms with Gasteiger partial charge in [-0.1, -0.05) is 12.1 Å². The number of aliphatic hydroxyl groups is 1. The lowest BCUT2D eigenvalue weighted by Gasteiger charge is -2.58. The zero-order valence-electron chi connectivity index (χ0n) is 19.1. The highest BCUT2D eigenvalue weighted by molar-refractivity contribution is 6.10. The van der Waals surface area contributed by atoms with Crippen LogP contribution >= 0.6 is 0 Å². The van der Waals surface area contributed by atoms with Gasteiger partial charge in [0.25, 0.3) is 5.91 Å². The van der Waals surface area contributed by atoms with Gasteiger partial charge in [0.05, 0.1) is 22.8 Å². The molecule has 5 nitrogen and oxygen atoms in total. The molecule has 5 aliphatic rings. The largest absolute Gasteiger partial charge is 0.490 e. The molecular formula is C28H30FNO4. The third-order valence-electron chi connectivity index (χ3n) is 8.49. The summed E-state index contributed by atoms with van der Waals surface area (Å²) in [5.74, 6) is 0.348. The van der Waals surface area contributed by atoms with Crippen molar-refractivity contribution in [1.82, 2.24) is 5.32 Å². The fraction of sp³-hybridized carbons (Fsp3) is 0.500. The van der Waals surface area contributed by atoms with Gasteiger partial charge in [-0.15, -0.1) is 0 Å².